The van der Waals surface area contributed by atoms with E-state index in [1.807, 2.05) is 12.1 Å². The first kappa shape index (κ1) is 12.7. The predicted octanol–water partition coefficient (Wildman–Crippen LogP) is 2.65. The van der Waals surface area contributed by atoms with E-state index in [1.54, 1.807) is 0 Å². The van der Waals surface area contributed by atoms with Crippen molar-refractivity contribution in [2.24, 2.45) is 0 Å². The quantitative estimate of drug-likeness (QED) is 0.890. The smallest absolute Gasteiger partial charge is 0.0558 e. The van der Waals surface area contributed by atoms with E-state index in [0.717, 1.165) is 17.6 Å². The zero-order chi connectivity index (χ0) is 11.3. The van der Waals surface area contributed by atoms with Gasteiger partial charge in [-0.25, -0.2) is 0 Å². The van der Waals surface area contributed by atoms with Gasteiger partial charge in [0, 0.05) is 23.6 Å². The van der Waals surface area contributed by atoms with Crippen molar-refractivity contribution in [1.29, 1.82) is 0 Å². The first-order chi connectivity index (χ1) is 7.13. The molecule has 0 aromatic heterocycles. The Morgan fingerprint density at radius 2 is 1.87 bits per heavy atom. The summed E-state index contributed by atoms with van der Waals surface area (Å²) in [4.78, 5) is 2.25. The zero-order valence-corrected chi connectivity index (χ0v) is 10.9. The van der Waals surface area contributed by atoms with Crippen LogP contribution in [0.4, 0.5) is 0 Å². The van der Waals surface area contributed by atoms with Crippen LogP contribution < -0.4 is 0 Å². The van der Waals surface area contributed by atoms with Crippen LogP contribution in [0.25, 0.3) is 0 Å². The van der Waals surface area contributed by atoms with Crippen LogP contribution in [-0.4, -0.2) is 29.2 Å². The highest BCUT2D eigenvalue weighted by Crippen LogP contribution is 2.13. The lowest BCUT2D eigenvalue weighted by Crippen LogP contribution is -2.32. The summed E-state index contributed by atoms with van der Waals surface area (Å²) in [5.74, 6) is 0. The van der Waals surface area contributed by atoms with E-state index in [0.29, 0.717) is 6.04 Å². The van der Waals surface area contributed by atoms with Gasteiger partial charge in [0.15, 0.2) is 0 Å². The van der Waals surface area contributed by atoms with Gasteiger partial charge in [0.25, 0.3) is 0 Å². The standard InChI is InChI=1S/C12H18BrNO/c1-10(2)14(7-8-15)9-11-3-5-12(13)6-4-11/h3-6,10,15H,7-9H2,1-2H3. The van der Waals surface area contributed by atoms with Crippen molar-refractivity contribution in [1.82, 2.24) is 4.90 Å². The summed E-state index contributed by atoms with van der Waals surface area (Å²) in [6, 6.07) is 8.77. The number of hydrogen-bond acceptors (Lipinski definition) is 2. The summed E-state index contributed by atoms with van der Waals surface area (Å²) in [6.45, 7) is 6.14. The Hall–Kier alpha value is -0.380. The molecule has 1 N–H and O–H groups in total. The van der Waals surface area contributed by atoms with Crippen molar-refractivity contribution in [3.05, 3.63) is 34.3 Å². The van der Waals surface area contributed by atoms with Crippen molar-refractivity contribution in [2.75, 3.05) is 13.2 Å². The Kier molecular flexibility index (Phi) is 5.29. The van der Waals surface area contributed by atoms with Crippen LogP contribution in [0.15, 0.2) is 28.7 Å². The van der Waals surface area contributed by atoms with E-state index in [4.69, 9.17) is 5.11 Å². The van der Waals surface area contributed by atoms with Crippen molar-refractivity contribution in [3.8, 4) is 0 Å². The molecule has 2 nitrogen and oxygen atoms in total. The number of hydrogen-bond donors (Lipinski definition) is 1. The van der Waals surface area contributed by atoms with E-state index in [1.165, 1.54) is 5.56 Å². The van der Waals surface area contributed by atoms with Gasteiger partial charge in [-0.15, -0.1) is 0 Å². The number of rotatable bonds is 5. The molecule has 84 valence electrons. The summed E-state index contributed by atoms with van der Waals surface area (Å²) >= 11 is 3.42. The largest absolute Gasteiger partial charge is 0.395 e. The molecular formula is C12H18BrNO. The van der Waals surface area contributed by atoms with Gasteiger partial charge in [-0.1, -0.05) is 28.1 Å². The second kappa shape index (κ2) is 6.26. The summed E-state index contributed by atoms with van der Waals surface area (Å²) in [7, 11) is 0. The Morgan fingerprint density at radius 1 is 1.27 bits per heavy atom. The molecule has 0 radical (unpaired) electrons. The third-order valence-electron chi connectivity index (χ3n) is 2.42. The SMILES string of the molecule is CC(C)N(CCO)Cc1ccc(Br)cc1. The fourth-order valence-corrected chi connectivity index (χ4v) is 1.74. The van der Waals surface area contributed by atoms with Gasteiger partial charge in [-0.2, -0.15) is 0 Å². The molecular weight excluding hydrogens is 254 g/mol. The summed E-state index contributed by atoms with van der Waals surface area (Å²) in [6.07, 6.45) is 0. The van der Waals surface area contributed by atoms with Crippen LogP contribution >= 0.6 is 15.9 Å². The minimum atomic E-state index is 0.217. The Morgan fingerprint density at radius 3 is 2.33 bits per heavy atom. The highest BCUT2D eigenvalue weighted by molar-refractivity contribution is 9.10. The molecule has 0 saturated carbocycles. The average molecular weight is 272 g/mol. The number of nitrogens with zero attached hydrogens (tertiary/aromatic N) is 1. The molecule has 0 unspecified atom stereocenters. The van der Waals surface area contributed by atoms with Gasteiger partial charge in [0.1, 0.15) is 0 Å². The zero-order valence-electron chi connectivity index (χ0n) is 9.28. The fraction of sp³-hybridized carbons (Fsp3) is 0.500. The van der Waals surface area contributed by atoms with Gasteiger partial charge in [0.2, 0.25) is 0 Å². The molecule has 0 atom stereocenters. The van der Waals surface area contributed by atoms with E-state index in [-0.39, 0.29) is 6.61 Å². The lowest BCUT2D eigenvalue weighted by molar-refractivity contribution is 0.159. The van der Waals surface area contributed by atoms with Crippen molar-refractivity contribution in [2.45, 2.75) is 26.4 Å². The van der Waals surface area contributed by atoms with Gasteiger partial charge >= 0.3 is 0 Å². The van der Waals surface area contributed by atoms with Crippen LogP contribution in [0, 0.1) is 0 Å². The predicted molar refractivity (Wildman–Crippen MR) is 66.8 cm³/mol. The monoisotopic (exact) mass is 271 g/mol. The van der Waals surface area contributed by atoms with E-state index >= 15 is 0 Å². The van der Waals surface area contributed by atoms with Crippen molar-refractivity contribution >= 4 is 15.9 Å². The number of aliphatic hydroxyl groups is 1. The molecule has 0 bridgehead atoms. The van der Waals surface area contributed by atoms with Gasteiger partial charge in [-0.3, -0.25) is 4.90 Å². The van der Waals surface area contributed by atoms with Crippen LogP contribution in [0.3, 0.4) is 0 Å². The lowest BCUT2D eigenvalue weighted by atomic mass is 10.2. The highest BCUT2D eigenvalue weighted by Gasteiger charge is 2.08. The van der Waals surface area contributed by atoms with Gasteiger partial charge < -0.3 is 5.11 Å². The number of aliphatic hydroxyl groups excluding tert-OH is 1. The van der Waals surface area contributed by atoms with E-state index in [9.17, 15) is 0 Å². The molecule has 1 aromatic rings. The minimum absolute atomic E-state index is 0.217. The second-order valence-corrected chi connectivity index (χ2v) is 4.83. The number of benzene rings is 1. The topological polar surface area (TPSA) is 23.5 Å². The molecule has 0 saturated heterocycles. The summed E-state index contributed by atoms with van der Waals surface area (Å²) in [5, 5.41) is 8.96. The van der Waals surface area contributed by atoms with E-state index in [2.05, 4.69) is 46.8 Å². The Balaban J connectivity index is 2.61. The minimum Gasteiger partial charge on any atom is -0.395 e. The van der Waals surface area contributed by atoms with Gasteiger partial charge in [0.05, 0.1) is 6.61 Å². The third kappa shape index (κ3) is 4.33. The molecule has 3 heteroatoms. The molecule has 0 heterocycles. The van der Waals surface area contributed by atoms with Crippen LogP contribution in [0.5, 0.6) is 0 Å². The summed E-state index contributed by atoms with van der Waals surface area (Å²) < 4.78 is 1.10. The van der Waals surface area contributed by atoms with Crippen LogP contribution in [0.2, 0.25) is 0 Å². The molecule has 0 aliphatic carbocycles. The van der Waals surface area contributed by atoms with Crippen molar-refractivity contribution < 1.29 is 5.11 Å². The maximum atomic E-state index is 8.96. The average Bonchev–Trinajstić information content (AvgIpc) is 2.20. The maximum absolute atomic E-state index is 8.96. The molecule has 1 rings (SSSR count). The molecule has 0 aliphatic heterocycles. The van der Waals surface area contributed by atoms with E-state index < -0.39 is 0 Å². The molecule has 15 heavy (non-hydrogen) atoms. The lowest BCUT2D eigenvalue weighted by Gasteiger charge is -2.25. The first-order valence-electron chi connectivity index (χ1n) is 5.23. The highest BCUT2D eigenvalue weighted by atomic mass is 79.9. The van der Waals surface area contributed by atoms with Gasteiger partial charge in [-0.05, 0) is 31.5 Å². The Bertz CT molecular complexity index is 284. The first-order valence-corrected chi connectivity index (χ1v) is 6.02. The fourth-order valence-electron chi connectivity index (χ4n) is 1.47. The van der Waals surface area contributed by atoms with Crippen LogP contribution in [-0.2, 0) is 6.54 Å². The third-order valence-corrected chi connectivity index (χ3v) is 2.95. The van der Waals surface area contributed by atoms with Crippen LogP contribution in [0.1, 0.15) is 19.4 Å². The second-order valence-electron chi connectivity index (χ2n) is 3.91. The Labute approximate surface area is 100 Å². The number of halogens is 1. The maximum Gasteiger partial charge on any atom is 0.0558 e. The molecule has 0 spiro atoms. The molecule has 0 amide bonds. The van der Waals surface area contributed by atoms with Crippen molar-refractivity contribution in [3.63, 3.8) is 0 Å². The molecule has 0 aliphatic rings. The summed E-state index contributed by atoms with van der Waals surface area (Å²) in [5.41, 5.74) is 1.28. The molecule has 0 fully saturated rings. The molecule has 1 aromatic carbocycles. The normalized spacial score (nSPS) is 11.3.